The lowest BCUT2D eigenvalue weighted by atomic mass is 9.93. The number of urea groups is 1. The predicted octanol–water partition coefficient (Wildman–Crippen LogP) is 1.88. The lowest BCUT2D eigenvalue weighted by Crippen LogP contribution is -2.63. The van der Waals surface area contributed by atoms with Gasteiger partial charge in [0.1, 0.15) is 5.82 Å². The summed E-state index contributed by atoms with van der Waals surface area (Å²) in [5.74, 6) is 0.585. The number of rotatable bonds is 2. The zero-order valence-electron chi connectivity index (χ0n) is 12.3. The van der Waals surface area contributed by atoms with E-state index in [1.165, 1.54) is 0 Å². The van der Waals surface area contributed by atoms with Crippen LogP contribution in [0, 0.1) is 0 Å². The number of hydrogen-bond acceptors (Lipinski definition) is 4. The maximum absolute atomic E-state index is 12.4. The third-order valence-electron chi connectivity index (χ3n) is 4.16. The summed E-state index contributed by atoms with van der Waals surface area (Å²) in [6.07, 6.45) is 3.96. The normalized spacial score (nSPS) is 24.0. The maximum Gasteiger partial charge on any atom is 0.323 e. The van der Waals surface area contributed by atoms with Crippen LogP contribution in [0.15, 0.2) is 16.7 Å². The Morgan fingerprint density at radius 2 is 2.33 bits per heavy atom. The first kappa shape index (κ1) is 14.6. The first-order valence-electron chi connectivity index (χ1n) is 7.18. The molecule has 2 unspecified atom stereocenters. The first-order valence-corrected chi connectivity index (χ1v) is 7.98. The fourth-order valence-corrected chi connectivity index (χ4v) is 3.55. The molecule has 7 heteroatoms. The first-order chi connectivity index (χ1) is 10.0. The van der Waals surface area contributed by atoms with Gasteiger partial charge in [0.25, 0.3) is 0 Å². The van der Waals surface area contributed by atoms with Crippen LogP contribution >= 0.6 is 15.9 Å². The molecule has 1 aromatic heterocycles. The molecule has 3 saturated heterocycles. The van der Waals surface area contributed by atoms with Gasteiger partial charge in [0.15, 0.2) is 0 Å². The Hall–Kier alpha value is -1.34. The summed E-state index contributed by atoms with van der Waals surface area (Å²) in [6, 6.07) is 2.57. The molecule has 0 aromatic carbocycles. The third kappa shape index (κ3) is 2.98. The van der Waals surface area contributed by atoms with Gasteiger partial charge in [-0.05, 0) is 28.8 Å². The van der Waals surface area contributed by atoms with Crippen molar-refractivity contribution < 1.29 is 4.79 Å². The number of carbonyl (C=O) groups excluding carboxylic acids is 1. The fraction of sp³-hybridized carbons (Fsp3) is 0.571. The number of nitrogens with zero attached hydrogens (tertiary/aromatic N) is 3. The second-order valence-corrected chi connectivity index (χ2v) is 6.69. The van der Waals surface area contributed by atoms with Crippen molar-refractivity contribution in [3.05, 3.63) is 16.7 Å². The summed E-state index contributed by atoms with van der Waals surface area (Å²) in [5.41, 5.74) is 0.988. The Morgan fingerprint density at radius 3 is 2.90 bits per heavy atom. The Morgan fingerprint density at radius 1 is 1.52 bits per heavy atom. The van der Waals surface area contributed by atoms with E-state index in [-0.39, 0.29) is 6.03 Å². The van der Waals surface area contributed by atoms with E-state index < -0.39 is 0 Å². The van der Waals surface area contributed by atoms with Crippen molar-refractivity contribution in [3.63, 3.8) is 0 Å². The zero-order valence-corrected chi connectivity index (χ0v) is 13.9. The number of piperazine rings is 1. The van der Waals surface area contributed by atoms with E-state index in [9.17, 15) is 4.79 Å². The number of carbonyl (C=O) groups is 1. The van der Waals surface area contributed by atoms with Crippen LogP contribution in [-0.4, -0.2) is 55.2 Å². The van der Waals surface area contributed by atoms with Gasteiger partial charge >= 0.3 is 6.03 Å². The molecule has 2 bridgehead atoms. The Balaban J connectivity index is 1.71. The molecule has 2 atom stereocenters. The van der Waals surface area contributed by atoms with Crippen molar-refractivity contribution in [2.75, 3.05) is 37.4 Å². The number of nitrogens with one attached hydrogen (secondary N) is 2. The molecule has 4 heterocycles. The van der Waals surface area contributed by atoms with Crippen molar-refractivity contribution in [2.24, 2.45) is 0 Å². The highest BCUT2D eigenvalue weighted by Gasteiger charge is 2.36. The molecule has 3 fully saturated rings. The van der Waals surface area contributed by atoms with Gasteiger partial charge in [-0.1, -0.05) is 0 Å². The minimum Gasteiger partial charge on any atom is -0.377 e. The van der Waals surface area contributed by atoms with Crippen LogP contribution in [0.1, 0.15) is 12.8 Å². The Kier molecular flexibility index (Phi) is 4.03. The lowest BCUT2D eigenvalue weighted by Gasteiger charge is -2.45. The van der Waals surface area contributed by atoms with E-state index >= 15 is 0 Å². The van der Waals surface area contributed by atoms with E-state index in [1.807, 2.05) is 30.0 Å². The van der Waals surface area contributed by atoms with Gasteiger partial charge in [0.05, 0.1) is 10.2 Å². The number of anilines is 2. The topological polar surface area (TPSA) is 60.5 Å². The summed E-state index contributed by atoms with van der Waals surface area (Å²) < 4.78 is 0.909. The van der Waals surface area contributed by atoms with E-state index in [2.05, 4.69) is 31.5 Å². The number of aromatic nitrogens is 1. The Bertz CT molecular complexity index is 542. The number of fused-ring (bicyclic) bond motifs is 3. The molecule has 0 aliphatic carbocycles. The standard InChI is InChI=1S/C14H20BrN5O/c1-19(2)12-5-13(17-7-11(12)15)18-14(21)20-8-9-3-4-10(20)6-16-9/h5,7,9-10,16H,3-4,6,8H2,1-2H3,(H,17,18,21). The Labute approximate surface area is 133 Å². The quantitative estimate of drug-likeness (QED) is 0.852. The molecule has 1 aromatic rings. The van der Waals surface area contributed by atoms with Crippen LogP contribution < -0.4 is 15.5 Å². The molecule has 4 rings (SSSR count). The third-order valence-corrected chi connectivity index (χ3v) is 4.77. The second-order valence-electron chi connectivity index (χ2n) is 5.83. The predicted molar refractivity (Wildman–Crippen MR) is 86.8 cm³/mol. The summed E-state index contributed by atoms with van der Waals surface area (Å²) in [5, 5.41) is 6.37. The van der Waals surface area contributed by atoms with Crippen LogP contribution in [0.4, 0.5) is 16.3 Å². The van der Waals surface area contributed by atoms with Crippen LogP contribution in [-0.2, 0) is 0 Å². The van der Waals surface area contributed by atoms with E-state index in [1.54, 1.807) is 6.20 Å². The molecule has 21 heavy (non-hydrogen) atoms. The summed E-state index contributed by atoms with van der Waals surface area (Å²) in [6.45, 7) is 1.68. The lowest BCUT2D eigenvalue weighted by molar-refractivity contribution is 0.106. The molecule has 0 saturated carbocycles. The highest BCUT2D eigenvalue weighted by molar-refractivity contribution is 9.10. The maximum atomic E-state index is 12.4. The van der Waals surface area contributed by atoms with E-state index in [0.717, 1.165) is 36.1 Å². The van der Waals surface area contributed by atoms with Crippen molar-refractivity contribution in [3.8, 4) is 0 Å². The molecule has 0 spiro atoms. The number of halogens is 1. The molecule has 3 aliphatic rings. The van der Waals surface area contributed by atoms with Gasteiger partial charge in [0.2, 0.25) is 0 Å². The van der Waals surface area contributed by atoms with Crippen molar-refractivity contribution >= 4 is 33.5 Å². The number of hydrogen-bond donors (Lipinski definition) is 2. The van der Waals surface area contributed by atoms with Crippen LogP contribution in [0.3, 0.4) is 0 Å². The summed E-state index contributed by atoms with van der Waals surface area (Å²) in [4.78, 5) is 20.6. The summed E-state index contributed by atoms with van der Waals surface area (Å²) >= 11 is 3.46. The van der Waals surface area contributed by atoms with Gasteiger partial charge in [-0.3, -0.25) is 5.32 Å². The molecular weight excluding hydrogens is 334 g/mol. The second kappa shape index (κ2) is 5.81. The number of pyridine rings is 1. The van der Waals surface area contributed by atoms with E-state index in [4.69, 9.17) is 0 Å². The van der Waals surface area contributed by atoms with Crippen molar-refractivity contribution in [1.82, 2.24) is 15.2 Å². The molecule has 6 nitrogen and oxygen atoms in total. The number of amides is 2. The fourth-order valence-electron chi connectivity index (χ4n) is 2.98. The van der Waals surface area contributed by atoms with Crippen LogP contribution in [0.2, 0.25) is 0 Å². The van der Waals surface area contributed by atoms with Crippen LogP contribution in [0.25, 0.3) is 0 Å². The zero-order chi connectivity index (χ0) is 15.0. The van der Waals surface area contributed by atoms with Gasteiger partial charge in [-0.15, -0.1) is 0 Å². The largest absolute Gasteiger partial charge is 0.377 e. The summed E-state index contributed by atoms with van der Waals surface area (Å²) in [7, 11) is 3.92. The average Bonchev–Trinajstić information content (AvgIpc) is 2.50. The smallest absolute Gasteiger partial charge is 0.323 e. The minimum atomic E-state index is -0.0503. The van der Waals surface area contributed by atoms with E-state index in [0.29, 0.717) is 17.9 Å². The minimum absolute atomic E-state index is 0.0503. The molecule has 0 radical (unpaired) electrons. The van der Waals surface area contributed by atoms with Crippen molar-refractivity contribution in [2.45, 2.75) is 24.9 Å². The van der Waals surface area contributed by atoms with Gasteiger partial charge in [-0.2, -0.15) is 0 Å². The molecular formula is C14H20BrN5O. The number of piperidine rings is 2. The molecule has 3 aliphatic heterocycles. The molecule has 114 valence electrons. The van der Waals surface area contributed by atoms with Crippen molar-refractivity contribution in [1.29, 1.82) is 0 Å². The van der Waals surface area contributed by atoms with Gasteiger partial charge in [0, 0.05) is 51.5 Å². The SMILES string of the molecule is CN(C)c1cc(NC(=O)N2CC3CCC2CN3)ncc1Br. The average molecular weight is 354 g/mol. The van der Waals surface area contributed by atoms with Gasteiger partial charge in [-0.25, -0.2) is 9.78 Å². The molecule has 2 N–H and O–H groups in total. The molecule has 2 amide bonds. The monoisotopic (exact) mass is 353 g/mol. The van der Waals surface area contributed by atoms with Crippen LogP contribution in [0.5, 0.6) is 0 Å². The highest BCUT2D eigenvalue weighted by atomic mass is 79.9. The van der Waals surface area contributed by atoms with Gasteiger partial charge < -0.3 is 15.1 Å². The highest BCUT2D eigenvalue weighted by Crippen LogP contribution is 2.27.